The van der Waals surface area contributed by atoms with Gasteiger partial charge in [-0.15, -0.1) is 0 Å². The summed E-state index contributed by atoms with van der Waals surface area (Å²) in [6.45, 7) is 0. The monoisotopic (exact) mass is 234 g/mol. The molecule has 4 aromatic rings. The van der Waals surface area contributed by atoms with Crippen molar-refractivity contribution in [1.29, 1.82) is 0 Å². The number of aromatic amines is 2. The SMILES string of the molecule is c1cnc2cc(-c3cnc4[nH]ccc4c3)[nH]c2c1. The third kappa shape index (κ3) is 1.32. The minimum absolute atomic E-state index is 0.910. The van der Waals surface area contributed by atoms with Gasteiger partial charge >= 0.3 is 0 Å². The Morgan fingerprint density at radius 2 is 2.06 bits per heavy atom. The lowest BCUT2D eigenvalue weighted by atomic mass is 10.2. The third-order valence-corrected chi connectivity index (χ3v) is 3.10. The second-order valence-electron chi connectivity index (χ2n) is 4.26. The Morgan fingerprint density at radius 3 is 3.00 bits per heavy atom. The fourth-order valence-electron chi connectivity index (χ4n) is 2.20. The first-order valence-corrected chi connectivity index (χ1v) is 5.77. The van der Waals surface area contributed by atoms with Crippen molar-refractivity contribution in [1.82, 2.24) is 19.9 Å². The van der Waals surface area contributed by atoms with Crippen molar-refractivity contribution in [3.8, 4) is 11.3 Å². The van der Waals surface area contributed by atoms with Crippen molar-refractivity contribution >= 4 is 22.1 Å². The molecule has 0 unspecified atom stereocenters. The highest BCUT2D eigenvalue weighted by Gasteiger charge is 2.05. The van der Waals surface area contributed by atoms with Crippen LogP contribution in [0.15, 0.2) is 48.9 Å². The number of nitrogens with zero attached hydrogens (tertiary/aromatic N) is 2. The van der Waals surface area contributed by atoms with Gasteiger partial charge in [-0.2, -0.15) is 0 Å². The predicted molar refractivity (Wildman–Crippen MR) is 71.2 cm³/mol. The zero-order valence-corrected chi connectivity index (χ0v) is 9.51. The van der Waals surface area contributed by atoms with E-state index in [0.717, 1.165) is 33.3 Å². The van der Waals surface area contributed by atoms with E-state index < -0.39 is 0 Å². The zero-order chi connectivity index (χ0) is 11.9. The fourth-order valence-corrected chi connectivity index (χ4v) is 2.20. The molecule has 0 radical (unpaired) electrons. The molecule has 18 heavy (non-hydrogen) atoms. The van der Waals surface area contributed by atoms with Gasteiger partial charge in [-0.25, -0.2) is 4.98 Å². The molecule has 0 atom stereocenters. The summed E-state index contributed by atoms with van der Waals surface area (Å²) >= 11 is 0. The highest BCUT2D eigenvalue weighted by atomic mass is 14.8. The van der Waals surface area contributed by atoms with E-state index in [1.807, 2.05) is 36.7 Å². The topological polar surface area (TPSA) is 57.4 Å². The summed E-state index contributed by atoms with van der Waals surface area (Å²) in [7, 11) is 0. The average Bonchev–Trinajstić information content (AvgIpc) is 3.04. The molecule has 0 spiro atoms. The molecule has 4 aromatic heterocycles. The van der Waals surface area contributed by atoms with E-state index in [1.54, 1.807) is 6.20 Å². The Morgan fingerprint density at radius 1 is 1.06 bits per heavy atom. The van der Waals surface area contributed by atoms with Gasteiger partial charge in [0.2, 0.25) is 0 Å². The first kappa shape index (κ1) is 9.41. The summed E-state index contributed by atoms with van der Waals surface area (Å²) < 4.78 is 0. The molecule has 0 fully saturated rings. The Labute approximate surface area is 103 Å². The quantitative estimate of drug-likeness (QED) is 0.531. The summed E-state index contributed by atoms with van der Waals surface area (Å²) in [5, 5.41) is 1.11. The predicted octanol–water partition coefficient (Wildman–Crippen LogP) is 3.11. The van der Waals surface area contributed by atoms with Crippen LogP contribution in [0, 0.1) is 0 Å². The largest absolute Gasteiger partial charge is 0.353 e. The van der Waals surface area contributed by atoms with Gasteiger partial charge in [-0.1, -0.05) is 0 Å². The Bertz CT molecular complexity index is 808. The number of fused-ring (bicyclic) bond motifs is 2. The molecule has 4 nitrogen and oxygen atoms in total. The minimum Gasteiger partial charge on any atom is -0.353 e. The number of aromatic nitrogens is 4. The van der Waals surface area contributed by atoms with E-state index in [9.17, 15) is 0 Å². The normalized spacial score (nSPS) is 11.3. The van der Waals surface area contributed by atoms with Crippen LogP contribution in [0.3, 0.4) is 0 Å². The summed E-state index contributed by atoms with van der Waals surface area (Å²) in [5.41, 5.74) is 5.04. The molecule has 0 saturated heterocycles. The van der Waals surface area contributed by atoms with Crippen molar-refractivity contribution in [2.24, 2.45) is 0 Å². The molecule has 0 aliphatic heterocycles. The average molecular weight is 234 g/mol. The lowest BCUT2D eigenvalue weighted by Crippen LogP contribution is -1.81. The van der Waals surface area contributed by atoms with Crippen LogP contribution in [-0.2, 0) is 0 Å². The van der Waals surface area contributed by atoms with Crippen LogP contribution in [0.5, 0.6) is 0 Å². The molecule has 0 saturated carbocycles. The highest BCUT2D eigenvalue weighted by Crippen LogP contribution is 2.24. The Hall–Kier alpha value is -2.62. The molecule has 0 aliphatic carbocycles. The number of hydrogen-bond acceptors (Lipinski definition) is 2. The summed E-state index contributed by atoms with van der Waals surface area (Å²) in [6.07, 6.45) is 5.56. The fraction of sp³-hybridized carbons (Fsp3) is 0. The lowest BCUT2D eigenvalue weighted by molar-refractivity contribution is 1.32. The van der Waals surface area contributed by atoms with Gasteiger partial charge in [-0.3, -0.25) is 4.98 Å². The second kappa shape index (κ2) is 3.43. The summed E-state index contributed by atoms with van der Waals surface area (Å²) in [6, 6.07) is 10.1. The van der Waals surface area contributed by atoms with Gasteiger partial charge < -0.3 is 9.97 Å². The second-order valence-corrected chi connectivity index (χ2v) is 4.26. The first-order chi connectivity index (χ1) is 8.90. The molecule has 4 heterocycles. The van der Waals surface area contributed by atoms with E-state index in [1.165, 1.54) is 0 Å². The highest BCUT2D eigenvalue weighted by molar-refractivity contribution is 5.85. The minimum atomic E-state index is 0.910. The standard InChI is InChI=1S/C14H10N4/c1-2-11-13(15-4-1)7-12(18-11)10-6-9-3-5-16-14(9)17-8-10/h1-8,18H,(H,16,17). The van der Waals surface area contributed by atoms with Crippen LogP contribution in [0.25, 0.3) is 33.3 Å². The van der Waals surface area contributed by atoms with E-state index >= 15 is 0 Å². The number of nitrogens with one attached hydrogen (secondary N) is 2. The van der Waals surface area contributed by atoms with Crippen LogP contribution in [0.2, 0.25) is 0 Å². The van der Waals surface area contributed by atoms with Gasteiger partial charge in [0.15, 0.2) is 0 Å². The number of H-pyrrole nitrogens is 2. The molecule has 0 aliphatic rings. The molecule has 0 bridgehead atoms. The summed E-state index contributed by atoms with van der Waals surface area (Å²) in [5.74, 6) is 0. The van der Waals surface area contributed by atoms with Crippen molar-refractivity contribution < 1.29 is 0 Å². The van der Waals surface area contributed by atoms with Crippen molar-refractivity contribution in [3.05, 3.63) is 48.9 Å². The summed E-state index contributed by atoms with van der Waals surface area (Å²) in [4.78, 5) is 15.2. The van der Waals surface area contributed by atoms with E-state index in [2.05, 4.69) is 26.0 Å². The van der Waals surface area contributed by atoms with E-state index in [4.69, 9.17) is 0 Å². The van der Waals surface area contributed by atoms with Gasteiger partial charge in [0.25, 0.3) is 0 Å². The van der Waals surface area contributed by atoms with Crippen LogP contribution in [0.1, 0.15) is 0 Å². The zero-order valence-electron chi connectivity index (χ0n) is 9.51. The van der Waals surface area contributed by atoms with Crippen LogP contribution in [0.4, 0.5) is 0 Å². The third-order valence-electron chi connectivity index (χ3n) is 3.10. The maximum atomic E-state index is 4.39. The molecule has 86 valence electrons. The maximum absolute atomic E-state index is 4.39. The molecule has 4 rings (SSSR count). The van der Waals surface area contributed by atoms with Crippen LogP contribution in [-0.4, -0.2) is 19.9 Å². The number of rotatable bonds is 1. The molecular formula is C14H10N4. The van der Waals surface area contributed by atoms with Crippen LogP contribution >= 0.6 is 0 Å². The van der Waals surface area contributed by atoms with E-state index in [-0.39, 0.29) is 0 Å². The Kier molecular flexibility index (Phi) is 1.80. The Balaban J connectivity index is 1.94. The van der Waals surface area contributed by atoms with Gasteiger partial charge in [-0.05, 0) is 30.3 Å². The van der Waals surface area contributed by atoms with Crippen molar-refractivity contribution in [2.75, 3.05) is 0 Å². The molecular weight excluding hydrogens is 224 g/mol. The molecule has 0 aromatic carbocycles. The van der Waals surface area contributed by atoms with Gasteiger partial charge in [0.05, 0.1) is 11.0 Å². The van der Waals surface area contributed by atoms with E-state index in [0.29, 0.717) is 0 Å². The lowest BCUT2D eigenvalue weighted by Gasteiger charge is -1.97. The smallest absolute Gasteiger partial charge is 0.137 e. The molecule has 0 amide bonds. The maximum Gasteiger partial charge on any atom is 0.137 e. The first-order valence-electron chi connectivity index (χ1n) is 5.77. The molecule has 2 N–H and O–H groups in total. The number of pyridine rings is 2. The number of hydrogen-bond donors (Lipinski definition) is 2. The molecule has 4 heteroatoms. The van der Waals surface area contributed by atoms with Gasteiger partial charge in [0, 0.05) is 35.2 Å². The van der Waals surface area contributed by atoms with Crippen molar-refractivity contribution in [3.63, 3.8) is 0 Å². The van der Waals surface area contributed by atoms with Crippen LogP contribution < -0.4 is 0 Å². The van der Waals surface area contributed by atoms with Crippen molar-refractivity contribution in [2.45, 2.75) is 0 Å². The van der Waals surface area contributed by atoms with Gasteiger partial charge in [0.1, 0.15) is 5.65 Å².